The second kappa shape index (κ2) is 7.20. The lowest BCUT2D eigenvalue weighted by atomic mass is 9.98. The molecular formula is C12H24N2OS. The average Bonchev–Trinajstić information content (AvgIpc) is 2.24. The minimum Gasteiger partial charge on any atom is -0.393 e. The summed E-state index contributed by atoms with van der Waals surface area (Å²) in [6, 6.07) is 0. The number of hydrogen-bond donors (Lipinski definition) is 1. The number of likely N-dealkylation sites (tertiary alicyclic amines) is 1. The summed E-state index contributed by atoms with van der Waals surface area (Å²) in [6.45, 7) is 9.19. The molecule has 0 aromatic rings. The first kappa shape index (κ1) is 13.9. The van der Waals surface area contributed by atoms with Gasteiger partial charge in [0.05, 0.1) is 11.6 Å². The first-order valence-electron chi connectivity index (χ1n) is 6.19. The van der Waals surface area contributed by atoms with E-state index in [0.717, 1.165) is 39.3 Å². The number of rotatable bonds is 6. The van der Waals surface area contributed by atoms with E-state index < -0.39 is 0 Å². The lowest BCUT2D eigenvalue weighted by Gasteiger charge is -2.32. The van der Waals surface area contributed by atoms with E-state index in [0.29, 0.717) is 16.8 Å². The fraction of sp³-hybridized carbons (Fsp3) is 0.917. The number of thiocarbonyl (C=S) groups is 1. The van der Waals surface area contributed by atoms with Gasteiger partial charge in [0.15, 0.2) is 0 Å². The zero-order chi connectivity index (χ0) is 12.0. The third-order valence-corrected chi connectivity index (χ3v) is 3.24. The molecule has 0 aliphatic carbocycles. The van der Waals surface area contributed by atoms with E-state index in [1.165, 1.54) is 6.42 Å². The van der Waals surface area contributed by atoms with Crippen molar-refractivity contribution in [3.05, 3.63) is 0 Å². The number of nitrogens with zero attached hydrogens (tertiary/aromatic N) is 1. The Hall–Kier alpha value is -0.190. The Bertz CT molecular complexity index is 221. The van der Waals surface area contributed by atoms with Crippen LogP contribution in [0.4, 0.5) is 0 Å². The molecule has 0 aromatic heterocycles. The minimum atomic E-state index is 0.411. The van der Waals surface area contributed by atoms with E-state index in [2.05, 4.69) is 18.7 Å². The molecule has 1 rings (SSSR count). The van der Waals surface area contributed by atoms with Crippen LogP contribution in [-0.4, -0.2) is 42.7 Å². The van der Waals surface area contributed by atoms with Crippen LogP contribution in [-0.2, 0) is 4.74 Å². The lowest BCUT2D eigenvalue weighted by molar-refractivity contribution is 0.0764. The normalized spacial score (nSPS) is 22.6. The highest BCUT2D eigenvalue weighted by Gasteiger charge is 2.21. The maximum atomic E-state index is 5.70. The second-order valence-electron chi connectivity index (χ2n) is 5.01. The molecule has 1 saturated heterocycles. The van der Waals surface area contributed by atoms with Crippen LogP contribution in [0.3, 0.4) is 0 Å². The molecule has 0 radical (unpaired) electrons. The molecule has 1 heterocycles. The molecule has 94 valence electrons. The quantitative estimate of drug-likeness (QED) is 0.570. The van der Waals surface area contributed by atoms with Gasteiger partial charge in [-0.15, -0.1) is 0 Å². The van der Waals surface area contributed by atoms with Gasteiger partial charge in [0.25, 0.3) is 0 Å². The van der Waals surface area contributed by atoms with E-state index in [1.54, 1.807) is 0 Å². The molecule has 1 aliphatic rings. The Morgan fingerprint density at radius 1 is 1.56 bits per heavy atom. The van der Waals surface area contributed by atoms with Gasteiger partial charge >= 0.3 is 0 Å². The van der Waals surface area contributed by atoms with Crippen LogP contribution in [0.25, 0.3) is 0 Å². The number of piperidine rings is 1. The molecule has 0 spiro atoms. The Labute approximate surface area is 104 Å². The molecule has 1 fully saturated rings. The van der Waals surface area contributed by atoms with E-state index in [1.807, 2.05) is 0 Å². The van der Waals surface area contributed by atoms with Crippen molar-refractivity contribution < 1.29 is 4.74 Å². The lowest BCUT2D eigenvalue weighted by Crippen LogP contribution is -2.41. The minimum absolute atomic E-state index is 0.411. The predicted molar refractivity (Wildman–Crippen MR) is 71.6 cm³/mol. The van der Waals surface area contributed by atoms with Crippen molar-refractivity contribution >= 4 is 17.2 Å². The highest BCUT2D eigenvalue weighted by Crippen LogP contribution is 2.16. The molecule has 4 heteroatoms. The number of ether oxygens (including phenoxy) is 1. The Balaban J connectivity index is 2.14. The maximum Gasteiger partial charge on any atom is 0.0771 e. The summed E-state index contributed by atoms with van der Waals surface area (Å²) in [7, 11) is 0. The molecule has 0 aromatic carbocycles. The van der Waals surface area contributed by atoms with Gasteiger partial charge in [-0.3, -0.25) is 0 Å². The summed E-state index contributed by atoms with van der Waals surface area (Å²) >= 11 is 5.06. The third kappa shape index (κ3) is 5.23. The number of nitrogens with two attached hydrogens (primary N) is 1. The smallest absolute Gasteiger partial charge is 0.0771 e. The standard InChI is InChI=1S/C12H24N2OS/c1-10(2)9-15-7-6-14-5-3-4-11(8-14)12(13)16/h10-11H,3-9H2,1-2H3,(H2,13,16). The van der Waals surface area contributed by atoms with Gasteiger partial charge in [-0.25, -0.2) is 0 Å². The SMILES string of the molecule is CC(C)COCCN1CCCC(C(N)=S)C1. The Morgan fingerprint density at radius 2 is 2.31 bits per heavy atom. The van der Waals surface area contributed by atoms with E-state index >= 15 is 0 Å². The topological polar surface area (TPSA) is 38.5 Å². The molecule has 1 unspecified atom stereocenters. The molecule has 1 atom stereocenters. The molecule has 1 aliphatic heterocycles. The van der Waals surface area contributed by atoms with Crippen molar-refractivity contribution in [3.8, 4) is 0 Å². The second-order valence-corrected chi connectivity index (χ2v) is 5.48. The molecule has 0 saturated carbocycles. The van der Waals surface area contributed by atoms with Crippen molar-refractivity contribution in [1.29, 1.82) is 0 Å². The molecule has 0 amide bonds. The summed E-state index contributed by atoms with van der Waals surface area (Å²) in [5, 5.41) is 0. The summed E-state index contributed by atoms with van der Waals surface area (Å²) in [6.07, 6.45) is 2.35. The van der Waals surface area contributed by atoms with Gasteiger partial charge in [0.2, 0.25) is 0 Å². The molecule has 16 heavy (non-hydrogen) atoms. The van der Waals surface area contributed by atoms with Crippen LogP contribution in [0, 0.1) is 11.8 Å². The number of hydrogen-bond acceptors (Lipinski definition) is 3. The fourth-order valence-corrected chi connectivity index (χ4v) is 2.20. The monoisotopic (exact) mass is 244 g/mol. The molecule has 2 N–H and O–H groups in total. The average molecular weight is 244 g/mol. The van der Waals surface area contributed by atoms with Crippen LogP contribution in [0.2, 0.25) is 0 Å². The van der Waals surface area contributed by atoms with E-state index in [4.69, 9.17) is 22.7 Å². The molecule has 0 bridgehead atoms. The zero-order valence-electron chi connectivity index (χ0n) is 10.4. The molecular weight excluding hydrogens is 220 g/mol. The van der Waals surface area contributed by atoms with Crippen molar-refractivity contribution in [1.82, 2.24) is 4.90 Å². The van der Waals surface area contributed by atoms with Gasteiger partial charge in [-0.05, 0) is 25.3 Å². The largest absolute Gasteiger partial charge is 0.393 e. The van der Waals surface area contributed by atoms with Gasteiger partial charge in [0, 0.05) is 25.6 Å². The van der Waals surface area contributed by atoms with Crippen molar-refractivity contribution in [2.24, 2.45) is 17.6 Å². The summed E-state index contributed by atoms with van der Waals surface area (Å²) in [5.74, 6) is 1.03. The third-order valence-electron chi connectivity index (χ3n) is 2.91. The van der Waals surface area contributed by atoms with Crippen LogP contribution in [0.15, 0.2) is 0 Å². The van der Waals surface area contributed by atoms with Crippen molar-refractivity contribution in [3.63, 3.8) is 0 Å². The van der Waals surface area contributed by atoms with Gasteiger partial charge < -0.3 is 15.4 Å². The summed E-state index contributed by atoms with van der Waals surface area (Å²) in [4.78, 5) is 3.08. The Morgan fingerprint density at radius 3 is 2.94 bits per heavy atom. The Kier molecular flexibility index (Phi) is 6.24. The van der Waals surface area contributed by atoms with E-state index in [9.17, 15) is 0 Å². The van der Waals surface area contributed by atoms with E-state index in [-0.39, 0.29) is 0 Å². The van der Waals surface area contributed by atoms with Crippen LogP contribution in [0.5, 0.6) is 0 Å². The predicted octanol–water partition coefficient (Wildman–Crippen LogP) is 1.66. The first-order chi connectivity index (χ1) is 7.59. The maximum absolute atomic E-state index is 5.70. The molecule has 3 nitrogen and oxygen atoms in total. The van der Waals surface area contributed by atoms with Crippen LogP contribution in [0.1, 0.15) is 26.7 Å². The summed E-state index contributed by atoms with van der Waals surface area (Å²) in [5.41, 5.74) is 5.70. The first-order valence-corrected chi connectivity index (χ1v) is 6.60. The van der Waals surface area contributed by atoms with Crippen molar-refractivity contribution in [2.75, 3.05) is 32.8 Å². The zero-order valence-corrected chi connectivity index (χ0v) is 11.3. The van der Waals surface area contributed by atoms with Crippen molar-refractivity contribution in [2.45, 2.75) is 26.7 Å². The van der Waals surface area contributed by atoms with Gasteiger partial charge in [-0.2, -0.15) is 0 Å². The van der Waals surface area contributed by atoms with Crippen LogP contribution >= 0.6 is 12.2 Å². The highest BCUT2D eigenvalue weighted by atomic mass is 32.1. The van der Waals surface area contributed by atoms with Gasteiger partial charge in [0.1, 0.15) is 0 Å². The highest BCUT2D eigenvalue weighted by molar-refractivity contribution is 7.80. The fourth-order valence-electron chi connectivity index (χ4n) is 2.00. The van der Waals surface area contributed by atoms with Gasteiger partial charge in [-0.1, -0.05) is 26.1 Å². The summed E-state index contributed by atoms with van der Waals surface area (Å²) < 4.78 is 5.59. The van der Waals surface area contributed by atoms with Crippen LogP contribution < -0.4 is 5.73 Å².